The van der Waals surface area contributed by atoms with Crippen molar-refractivity contribution in [2.45, 2.75) is 118 Å². The predicted octanol–water partition coefficient (Wildman–Crippen LogP) is 9.18. The molecule has 0 heterocycles. The molecule has 0 aromatic heterocycles. The van der Waals surface area contributed by atoms with Crippen LogP contribution < -0.4 is 0 Å². The second-order valence-corrected chi connectivity index (χ2v) is 111. The Morgan fingerprint density at radius 3 is 0.429 bits per heavy atom. The van der Waals surface area contributed by atoms with Crippen LogP contribution in [0, 0.1) is 0 Å². The summed E-state index contributed by atoms with van der Waals surface area (Å²) in [6.45, 7) is 50.2. The van der Waals surface area contributed by atoms with Crippen LogP contribution in [0.1, 0.15) is 0 Å². The van der Waals surface area contributed by atoms with E-state index < -0.39 is 58.1 Å². The van der Waals surface area contributed by atoms with Crippen molar-refractivity contribution >= 4 is 73.0 Å². The lowest BCUT2D eigenvalue weighted by Crippen LogP contribution is -2.81. The van der Waals surface area contributed by atoms with Gasteiger partial charge >= 0.3 is 0 Å². The van der Waals surface area contributed by atoms with E-state index in [0.717, 1.165) is 0 Å². The summed E-state index contributed by atoms with van der Waals surface area (Å²) in [4.78, 5) is 0. The molecule has 0 atom stereocenters. The van der Waals surface area contributed by atoms with Gasteiger partial charge in [0.05, 0.1) is 12.6 Å². The zero-order valence-corrected chi connectivity index (χ0v) is 32.7. The fourth-order valence-electron chi connectivity index (χ4n) is 7.80. The molecular formula is C18H54P2Si8. The van der Waals surface area contributed by atoms with Crippen LogP contribution in [0.4, 0.5) is 0 Å². The number of rotatable bonds is 8. The Bertz CT molecular complexity index is 452. The molecule has 0 aromatic carbocycles. The lowest BCUT2D eigenvalue weighted by Gasteiger charge is -2.58. The van der Waals surface area contributed by atoms with E-state index in [1.807, 2.05) is 0 Å². The Labute approximate surface area is 189 Å². The summed E-state index contributed by atoms with van der Waals surface area (Å²) in [5.41, 5.74) is 0. The summed E-state index contributed by atoms with van der Waals surface area (Å²) in [6.07, 6.45) is -2.54. The average molecular weight is 557 g/mol. The smallest absolute Gasteiger partial charge is 0.0947 e. The Kier molecular flexibility index (Phi) is 9.32. The van der Waals surface area contributed by atoms with Gasteiger partial charge in [-0.3, -0.25) is 0 Å². The van der Waals surface area contributed by atoms with Crippen LogP contribution in [0.3, 0.4) is 0 Å². The van der Waals surface area contributed by atoms with Gasteiger partial charge in [-0.25, -0.2) is 0 Å². The van der Waals surface area contributed by atoms with Gasteiger partial charge in [0.25, 0.3) is 0 Å². The largest absolute Gasteiger partial charge is 0.115 e. The standard InChI is InChI=1S/C18H54P2Si8/c1-21(2,3)27(22(4,5)6,23(7,8)9)19-20-28(24(10,11)12,25(13,14)15)26(16,17)18/h1-18H3. The predicted molar refractivity (Wildman–Crippen MR) is 165 cm³/mol. The van der Waals surface area contributed by atoms with E-state index in [1.165, 1.54) is 0 Å². The first kappa shape index (κ1) is 30.3. The third-order valence-electron chi connectivity index (χ3n) is 6.86. The van der Waals surface area contributed by atoms with Crippen molar-refractivity contribution in [3.05, 3.63) is 0 Å². The fraction of sp³-hybridized carbons (Fsp3) is 1.00. The Hall–Kier alpha value is 2.34. The molecule has 0 nitrogen and oxygen atoms in total. The first-order valence-corrected chi connectivity index (χ1v) is 46.3. The van der Waals surface area contributed by atoms with Gasteiger partial charge in [0.15, 0.2) is 0 Å². The minimum Gasteiger partial charge on any atom is -0.115 e. The maximum absolute atomic E-state index is 2.79. The molecule has 0 fully saturated rings. The third kappa shape index (κ3) is 5.28. The molecule has 0 aliphatic rings. The zero-order chi connectivity index (χ0) is 23.4. The highest BCUT2D eigenvalue weighted by molar-refractivity contribution is 8.43. The van der Waals surface area contributed by atoms with Gasteiger partial charge in [0.2, 0.25) is 0 Å². The van der Waals surface area contributed by atoms with Crippen molar-refractivity contribution < 1.29 is 0 Å². The second kappa shape index (κ2) is 8.60. The molecule has 0 spiro atoms. The van der Waals surface area contributed by atoms with E-state index in [-0.39, 0.29) is 0 Å². The number of hydrogen-bond donors (Lipinski definition) is 0. The molecule has 168 valence electrons. The molecule has 0 aromatic rings. The van der Waals surface area contributed by atoms with E-state index in [1.54, 1.807) is 0 Å². The summed E-state index contributed by atoms with van der Waals surface area (Å²) in [6, 6.07) is 0. The molecule has 0 unspecified atom stereocenters. The molecule has 0 N–H and O–H groups in total. The van der Waals surface area contributed by atoms with E-state index in [2.05, 4.69) is 133 Å². The van der Waals surface area contributed by atoms with Gasteiger partial charge in [-0.15, -0.1) is 14.8 Å². The Balaban J connectivity index is 7.39. The minimum atomic E-state index is -1.27. The highest BCUT2D eigenvalue weighted by atomic mass is 32.0. The van der Waals surface area contributed by atoms with E-state index in [4.69, 9.17) is 0 Å². The molecule has 0 bridgehead atoms. The second-order valence-electron chi connectivity index (χ2n) is 15.1. The van der Waals surface area contributed by atoms with Gasteiger partial charge in [0.1, 0.15) is 0 Å². The molecular weight excluding hydrogens is 503 g/mol. The minimum absolute atomic E-state index is 1.17. The van der Waals surface area contributed by atoms with Gasteiger partial charge in [-0.05, 0) is 0 Å². The average Bonchev–Trinajstić information content (AvgIpc) is 2.23. The maximum atomic E-state index is 2.79. The van der Waals surface area contributed by atoms with Crippen LogP contribution in [0.25, 0.3) is 0 Å². The lowest BCUT2D eigenvalue weighted by atomic mass is 11.8. The third-order valence-corrected chi connectivity index (χ3v) is 204. The molecule has 0 rings (SSSR count). The SMILES string of the molecule is C[Si](C)(C)[Si](P=P[Si]([Si](C)(C)C)([Si](C)(C)C)[Si](C)(C)C)([Si](C)(C)C)[Si](C)(C)C. The van der Waals surface area contributed by atoms with Gasteiger partial charge in [-0.1, -0.05) is 118 Å². The Morgan fingerprint density at radius 2 is 0.357 bits per heavy atom. The first-order chi connectivity index (χ1) is 11.7. The molecule has 0 aliphatic heterocycles. The summed E-state index contributed by atoms with van der Waals surface area (Å²) >= 11 is 0. The molecule has 10 heteroatoms. The van der Waals surface area contributed by atoms with Crippen LogP contribution in [0.2, 0.25) is 118 Å². The summed E-state index contributed by atoms with van der Waals surface area (Å²) in [7, 11) is -2.92. The van der Waals surface area contributed by atoms with Gasteiger partial charge in [0, 0.05) is 45.5 Å². The highest BCUT2D eigenvalue weighted by Crippen LogP contribution is 2.54. The highest BCUT2D eigenvalue weighted by Gasteiger charge is 2.64. The normalized spacial score (nSPS) is 16.8. The summed E-state index contributed by atoms with van der Waals surface area (Å²) in [5, 5.41) is 0. The number of hydrogen-bond acceptors (Lipinski definition) is 0. The monoisotopic (exact) mass is 556 g/mol. The van der Waals surface area contributed by atoms with Crippen LogP contribution in [0.15, 0.2) is 0 Å². The maximum Gasteiger partial charge on any atom is 0.0947 e. The Morgan fingerprint density at radius 1 is 0.250 bits per heavy atom. The molecule has 0 aliphatic carbocycles. The molecule has 0 amide bonds. The van der Waals surface area contributed by atoms with Crippen molar-refractivity contribution in [2.24, 2.45) is 0 Å². The van der Waals surface area contributed by atoms with Crippen molar-refractivity contribution in [3.63, 3.8) is 0 Å². The van der Waals surface area contributed by atoms with Gasteiger partial charge < -0.3 is 0 Å². The lowest BCUT2D eigenvalue weighted by molar-refractivity contribution is 1.76. The van der Waals surface area contributed by atoms with Crippen molar-refractivity contribution in [1.29, 1.82) is 0 Å². The summed E-state index contributed by atoms with van der Waals surface area (Å²) in [5.74, 6) is 0. The quantitative estimate of drug-likeness (QED) is 0.206. The molecule has 0 saturated carbocycles. The van der Waals surface area contributed by atoms with Crippen molar-refractivity contribution in [2.75, 3.05) is 0 Å². The summed E-state index contributed by atoms with van der Waals surface area (Å²) < 4.78 is 0. The topological polar surface area (TPSA) is 0 Å². The van der Waals surface area contributed by atoms with Crippen LogP contribution >= 0.6 is 14.8 Å². The van der Waals surface area contributed by atoms with Gasteiger partial charge in [-0.2, -0.15) is 0 Å². The van der Waals surface area contributed by atoms with E-state index in [9.17, 15) is 0 Å². The first-order valence-electron chi connectivity index (χ1n) is 11.1. The molecule has 28 heavy (non-hydrogen) atoms. The van der Waals surface area contributed by atoms with Crippen molar-refractivity contribution in [3.8, 4) is 0 Å². The molecule has 0 radical (unpaired) electrons. The zero-order valence-electron chi connectivity index (χ0n) is 22.9. The van der Waals surface area contributed by atoms with E-state index >= 15 is 0 Å². The van der Waals surface area contributed by atoms with Crippen LogP contribution in [-0.2, 0) is 0 Å². The van der Waals surface area contributed by atoms with Crippen LogP contribution in [-0.4, -0.2) is 58.1 Å². The van der Waals surface area contributed by atoms with Crippen molar-refractivity contribution in [1.82, 2.24) is 0 Å². The molecule has 0 saturated heterocycles. The van der Waals surface area contributed by atoms with Crippen LogP contribution in [0.5, 0.6) is 0 Å². The fourth-order valence-corrected chi connectivity index (χ4v) is 292. The van der Waals surface area contributed by atoms with E-state index in [0.29, 0.717) is 0 Å².